The smallest absolute Gasteiger partial charge is 0.345 e. The van der Waals surface area contributed by atoms with Crippen LogP contribution in [0.4, 0.5) is 0 Å². The Morgan fingerprint density at radius 1 is 1.20 bits per heavy atom. The first-order valence-corrected chi connectivity index (χ1v) is 7.53. The second-order valence-electron chi connectivity index (χ2n) is 4.72. The van der Waals surface area contributed by atoms with Crippen LogP contribution in [0, 0.1) is 6.92 Å². The number of aryl methyl sites for hydroxylation is 2. The number of thiophene rings is 1. The van der Waals surface area contributed by atoms with Crippen molar-refractivity contribution in [2.45, 2.75) is 33.4 Å². The minimum absolute atomic E-state index is 0.410. The van der Waals surface area contributed by atoms with Gasteiger partial charge in [-0.05, 0) is 36.1 Å². The molecule has 106 valence electrons. The van der Waals surface area contributed by atoms with Crippen LogP contribution >= 0.6 is 11.3 Å². The molecule has 1 heterocycles. The fourth-order valence-electron chi connectivity index (χ4n) is 2.21. The predicted molar refractivity (Wildman–Crippen MR) is 82.4 cm³/mol. The van der Waals surface area contributed by atoms with Crippen molar-refractivity contribution in [1.29, 1.82) is 0 Å². The van der Waals surface area contributed by atoms with Gasteiger partial charge in [-0.3, -0.25) is 0 Å². The van der Waals surface area contributed by atoms with Gasteiger partial charge >= 0.3 is 5.97 Å². The van der Waals surface area contributed by atoms with Crippen molar-refractivity contribution in [1.82, 2.24) is 5.32 Å². The molecule has 0 aliphatic carbocycles. The molecule has 4 heteroatoms. The average molecular weight is 289 g/mol. The number of carboxylic acid groups (broad SMARTS) is 1. The molecule has 2 rings (SSSR count). The molecule has 2 N–H and O–H groups in total. The molecule has 0 bridgehead atoms. The van der Waals surface area contributed by atoms with Crippen molar-refractivity contribution in [2.24, 2.45) is 0 Å². The van der Waals surface area contributed by atoms with Crippen molar-refractivity contribution < 1.29 is 9.90 Å². The van der Waals surface area contributed by atoms with Crippen molar-refractivity contribution in [2.75, 3.05) is 0 Å². The van der Waals surface area contributed by atoms with E-state index < -0.39 is 5.97 Å². The first-order chi connectivity index (χ1) is 9.61. The second-order valence-corrected chi connectivity index (χ2v) is 5.98. The molecule has 0 atom stereocenters. The molecule has 3 nitrogen and oxygen atoms in total. The molecular weight excluding hydrogens is 270 g/mol. The number of hydrogen-bond donors (Lipinski definition) is 2. The summed E-state index contributed by atoms with van der Waals surface area (Å²) in [5, 5.41) is 12.4. The molecule has 2 aromatic rings. The number of nitrogens with one attached hydrogen (secondary N) is 1. The van der Waals surface area contributed by atoms with Gasteiger partial charge < -0.3 is 10.4 Å². The van der Waals surface area contributed by atoms with Gasteiger partial charge in [0.25, 0.3) is 0 Å². The maximum absolute atomic E-state index is 10.9. The van der Waals surface area contributed by atoms with Gasteiger partial charge in [0.15, 0.2) is 0 Å². The maximum Gasteiger partial charge on any atom is 0.345 e. The van der Waals surface area contributed by atoms with E-state index in [-0.39, 0.29) is 0 Å². The Bertz CT molecular complexity index is 604. The SMILES string of the molecule is CCc1ccccc1CNCc1cc(C(=O)O)sc1C. The lowest BCUT2D eigenvalue weighted by atomic mass is 10.1. The van der Waals surface area contributed by atoms with Gasteiger partial charge in [-0.1, -0.05) is 31.2 Å². The summed E-state index contributed by atoms with van der Waals surface area (Å²) in [4.78, 5) is 12.4. The standard InChI is InChI=1S/C16H19NO2S/c1-3-12-6-4-5-7-13(12)9-17-10-14-8-15(16(18)19)20-11(14)2/h4-8,17H,3,9-10H2,1-2H3,(H,18,19). The third-order valence-electron chi connectivity index (χ3n) is 3.36. The minimum atomic E-state index is -0.847. The third-order valence-corrected chi connectivity index (χ3v) is 4.44. The zero-order chi connectivity index (χ0) is 14.5. The molecule has 0 spiro atoms. The molecular formula is C16H19NO2S. The monoisotopic (exact) mass is 289 g/mol. The number of benzene rings is 1. The normalized spacial score (nSPS) is 10.7. The molecule has 20 heavy (non-hydrogen) atoms. The van der Waals surface area contributed by atoms with E-state index in [1.165, 1.54) is 22.5 Å². The van der Waals surface area contributed by atoms with Crippen LogP contribution in [0.1, 0.15) is 38.2 Å². The van der Waals surface area contributed by atoms with E-state index in [4.69, 9.17) is 5.11 Å². The number of carboxylic acids is 1. The zero-order valence-electron chi connectivity index (χ0n) is 11.8. The summed E-state index contributed by atoms with van der Waals surface area (Å²) in [6.07, 6.45) is 1.03. The van der Waals surface area contributed by atoms with Gasteiger partial charge in [-0.15, -0.1) is 11.3 Å². The lowest BCUT2D eigenvalue weighted by molar-refractivity contribution is 0.0702. The first kappa shape index (κ1) is 14.8. The van der Waals surface area contributed by atoms with E-state index in [1.807, 2.05) is 6.92 Å². The van der Waals surface area contributed by atoms with Crippen LogP contribution in [0.3, 0.4) is 0 Å². The Kier molecular flexibility index (Phi) is 4.93. The van der Waals surface area contributed by atoms with Crippen LogP contribution in [-0.4, -0.2) is 11.1 Å². The number of rotatable bonds is 6. The van der Waals surface area contributed by atoms with Gasteiger partial charge in [0.05, 0.1) is 0 Å². The molecule has 0 aliphatic heterocycles. The number of hydrogen-bond acceptors (Lipinski definition) is 3. The first-order valence-electron chi connectivity index (χ1n) is 6.72. The third kappa shape index (κ3) is 3.46. The van der Waals surface area contributed by atoms with Gasteiger partial charge in [0.2, 0.25) is 0 Å². The average Bonchev–Trinajstić information content (AvgIpc) is 2.81. The highest BCUT2D eigenvalue weighted by Gasteiger charge is 2.10. The van der Waals surface area contributed by atoms with Crippen molar-refractivity contribution in [3.63, 3.8) is 0 Å². The Labute approximate surface area is 123 Å². The fourth-order valence-corrected chi connectivity index (χ4v) is 3.09. The van der Waals surface area contributed by atoms with Crippen LogP contribution in [0.15, 0.2) is 30.3 Å². The minimum Gasteiger partial charge on any atom is -0.477 e. The lowest BCUT2D eigenvalue weighted by Gasteiger charge is -2.09. The van der Waals surface area contributed by atoms with E-state index in [0.29, 0.717) is 11.4 Å². The van der Waals surface area contributed by atoms with Gasteiger partial charge in [0, 0.05) is 18.0 Å². The van der Waals surface area contributed by atoms with Crippen LogP contribution < -0.4 is 5.32 Å². The van der Waals surface area contributed by atoms with Gasteiger partial charge in [-0.25, -0.2) is 4.79 Å². The van der Waals surface area contributed by atoms with Crippen LogP contribution in [-0.2, 0) is 19.5 Å². The van der Waals surface area contributed by atoms with E-state index >= 15 is 0 Å². The highest BCUT2D eigenvalue weighted by molar-refractivity contribution is 7.14. The summed E-state index contributed by atoms with van der Waals surface area (Å²) >= 11 is 1.34. The molecule has 0 aliphatic rings. The van der Waals surface area contributed by atoms with Crippen molar-refractivity contribution in [3.8, 4) is 0 Å². The summed E-state index contributed by atoms with van der Waals surface area (Å²) in [5.41, 5.74) is 3.73. The molecule has 0 fully saturated rings. The van der Waals surface area contributed by atoms with Gasteiger partial charge in [-0.2, -0.15) is 0 Å². The fraction of sp³-hybridized carbons (Fsp3) is 0.312. The highest BCUT2D eigenvalue weighted by Crippen LogP contribution is 2.21. The summed E-state index contributed by atoms with van der Waals surface area (Å²) in [6, 6.07) is 10.2. The zero-order valence-corrected chi connectivity index (χ0v) is 12.6. The Morgan fingerprint density at radius 2 is 1.85 bits per heavy atom. The Hall–Kier alpha value is -1.65. The number of carbonyl (C=O) groups is 1. The largest absolute Gasteiger partial charge is 0.477 e. The second kappa shape index (κ2) is 6.68. The summed E-state index contributed by atoms with van der Waals surface area (Å²) in [5.74, 6) is -0.847. The Morgan fingerprint density at radius 3 is 2.45 bits per heavy atom. The van der Waals surface area contributed by atoms with Gasteiger partial charge in [0.1, 0.15) is 4.88 Å². The van der Waals surface area contributed by atoms with Crippen LogP contribution in [0.2, 0.25) is 0 Å². The summed E-state index contributed by atoms with van der Waals surface area (Å²) in [6.45, 7) is 5.63. The van der Waals surface area contributed by atoms with E-state index in [1.54, 1.807) is 6.07 Å². The summed E-state index contributed by atoms with van der Waals surface area (Å²) in [7, 11) is 0. The molecule has 1 aromatic heterocycles. The van der Waals surface area contributed by atoms with Crippen molar-refractivity contribution >= 4 is 17.3 Å². The molecule has 0 amide bonds. The van der Waals surface area contributed by atoms with Crippen molar-refractivity contribution in [3.05, 3.63) is 56.8 Å². The van der Waals surface area contributed by atoms with E-state index in [0.717, 1.165) is 23.4 Å². The quantitative estimate of drug-likeness (QED) is 0.854. The van der Waals surface area contributed by atoms with E-state index in [2.05, 4.69) is 36.5 Å². The molecule has 1 aromatic carbocycles. The molecule has 0 saturated heterocycles. The van der Waals surface area contributed by atoms with E-state index in [9.17, 15) is 4.79 Å². The lowest BCUT2D eigenvalue weighted by Crippen LogP contribution is -2.14. The van der Waals surface area contributed by atoms with Crippen LogP contribution in [0.5, 0.6) is 0 Å². The molecule has 0 unspecified atom stereocenters. The highest BCUT2D eigenvalue weighted by atomic mass is 32.1. The predicted octanol–water partition coefficient (Wildman–Crippen LogP) is 3.61. The Balaban J connectivity index is 1.97. The van der Waals surface area contributed by atoms with Crippen LogP contribution in [0.25, 0.3) is 0 Å². The number of aromatic carboxylic acids is 1. The molecule has 0 saturated carbocycles. The summed E-state index contributed by atoms with van der Waals surface area (Å²) < 4.78 is 0. The topological polar surface area (TPSA) is 49.3 Å². The molecule has 0 radical (unpaired) electrons. The maximum atomic E-state index is 10.9.